The highest BCUT2D eigenvalue weighted by Gasteiger charge is 2.30. The standard InChI is InChI=1S/C28H36FN7O/c1-35-27(32-33-34-35)22-10-14-25(15-11-22)30-28(37)31-26-7-3-2-6-23(26)19-36-16-4-5-21(18-36)17-20-8-12-24(29)13-9-20/h8-15,21,23,26H,2-7,16-19H2,1H3,(H2,30,31,37)/t21-,23-,26+/m0/s1. The van der Waals surface area contributed by atoms with Crippen LogP contribution in [0.1, 0.15) is 44.1 Å². The minimum absolute atomic E-state index is 0.155. The van der Waals surface area contributed by atoms with Crippen molar-refractivity contribution in [3.05, 3.63) is 59.9 Å². The first kappa shape index (κ1) is 25.3. The number of tetrazole rings is 1. The minimum Gasteiger partial charge on any atom is -0.335 e. The van der Waals surface area contributed by atoms with E-state index in [4.69, 9.17) is 0 Å². The molecule has 1 aromatic heterocycles. The van der Waals surface area contributed by atoms with Crippen molar-refractivity contribution in [2.45, 2.75) is 51.0 Å². The molecule has 3 atom stereocenters. The van der Waals surface area contributed by atoms with Gasteiger partial charge < -0.3 is 15.5 Å². The number of anilines is 1. The largest absolute Gasteiger partial charge is 0.335 e. The van der Waals surface area contributed by atoms with E-state index in [0.717, 1.165) is 56.6 Å². The van der Waals surface area contributed by atoms with Gasteiger partial charge in [0.15, 0.2) is 5.82 Å². The Balaban J connectivity index is 1.13. The number of hydrogen-bond donors (Lipinski definition) is 2. The Morgan fingerprint density at radius 2 is 1.81 bits per heavy atom. The van der Waals surface area contributed by atoms with Crippen LogP contribution >= 0.6 is 0 Å². The van der Waals surface area contributed by atoms with Gasteiger partial charge in [0.1, 0.15) is 5.82 Å². The average molecular weight is 506 g/mol. The van der Waals surface area contributed by atoms with Crippen molar-refractivity contribution in [2.75, 3.05) is 25.0 Å². The SMILES string of the molecule is Cn1nnnc1-c1ccc(NC(=O)N[C@@H]2CCCC[C@H]2CN2CCC[C@@H](Cc3ccc(F)cc3)C2)cc1. The van der Waals surface area contributed by atoms with E-state index in [9.17, 15) is 9.18 Å². The number of likely N-dealkylation sites (tertiary alicyclic amines) is 1. The van der Waals surface area contributed by atoms with Crippen molar-refractivity contribution < 1.29 is 9.18 Å². The van der Waals surface area contributed by atoms with Crippen LogP contribution in [0, 0.1) is 17.7 Å². The number of urea groups is 1. The molecule has 0 bridgehead atoms. The monoisotopic (exact) mass is 505 g/mol. The van der Waals surface area contributed by atoms with Gasteiger partial charge in [-0.2, -0.15) is 0 Å². The van der Waals surface area contributed by atoms with Gasteiger partial charge in [-0.05, 0) is 103 Å². The molecule has 5 rings (SSSR count). The Bertz CT molecular complexity index is 1160. The lowest BCUT2D eigenvalue weighted by Crippen LogP contribution is -2.49. The highest BCUT2D eigenvalue weighted by atomic mass is 19.1. The Hall–Kier alpha value is -3.33. The molecular formula is C28H36FN7O. The van der Waals surface area contributed by atoms with Crippen molar-refractivity contribution in [2.24, 2.45) is 18.9 Å². The normalized spacial score (nSPS) is 22.5. The summed E-state index contributed by atoms with van der Waals surface area (Å²) in [5.41, 5.74) is 2.84. The van der Waals surface area contributed by atoms with E-state index >= 15 is 0 Å². The number of piperidine rings is 1. The molecule has 0 radical (unpaired) electrons. The Morgan fingerprint density at radius 3 is 2.57 bits per heavy atom. The first-order valence-electron chi connectivity index (χ1n) is 13.4. The number of amides is 2. The molecule has 1 saturated heterocycles. The molecule has 2 aliphatic rings. The number of nitrogens with one attached hydrogen (secondary N) is 2. The second-order valence-electron chi connectivity index (χ2n) is 10.6. The number of benzene rings is 2. The third-order valence-corrected chi connectivity index (χ3v) is 7.78. The fourth-order valence-corrected chi connectivity index (χ4v) is 5.90. The van der Waals surface area contributed by atoms with Crippen LogP contribution in [0.2, 0.25) is 0 Å². The molecule has 2 N–H and O–H groups in total. The van der Waals surface area contributed by atoms with Gasteiger partial charge in [0.2, 0.25) is 0 Å². The molecule has 37 heavy (non-hydrogen) atoms. The van der Waals surface area contributed by atoms with E-state index < -0.39 is 0 Å². The predicted molar refractivity (Wildman–Crippen MR) is 141 cm³/mol. The highest BCUT2D eigenvalue weighted by molar-refractivity contribution is 5.89. The van der Waals surface area contributed by atoms with Gasteiger partial charge >= 0.3 is 6.03 Å². The zero-order chi connectivity index (χ0) is 25.6. The van der Waals surface area contributed by atoms with Crippen LogP contribution in [-0.2, 0) is 13.5 Å². The molecule has 2 aromatic carbocycles. The van der Waals surface area contributed by atoms with Gasteiger partial charge in [-0.3, -0.25) is 0 Å². The quantitative estimate of drug-likeness (QED) is 0.488. The molecule has 0 spiro atoms. The number of aryl methyl sites for hydroxylation is 1. The number of aromatic nitrogens is 4. The summed E-state index contributed by atoms with van der Waals surface area (Å²) < 4.78 is 14.9. The van der Waals surface area contributed by atoms with Gasteiger partial charge in [-0.1, -0.05) is 25.0 Å². The lowest BCUT2D eigenvalue weighted by molar-refractivity contribution is 0.123. The fourth-order valence-electron chi connectivity index (χ4n) is 5.90. The van der Waals surface area contributed by atoms with Crippen molar-refractivity contribution >= 4 is 11.7 Å². The summed E-state index contributed by atoms with van der Waals surface area (Å²) in [7, 11) is 1.80. The maximum atomic E-state index is 13.3. The van der Waals surface area contributed by atoms with E-state index in [0.29, 0.717) is 17.7 Å². The van der Waals surface area contributed by atoms with E-state index in [1.54, 1.807) is 23.9 Å². The molecule has 2 amide bonds. The fraction of sp³-hybridized carbons (Fsp3) is 0.500. The minimum atomic E-state index is -0.176. The first-order valence-corrected chi connectivity index (χ1v) is 13.4. The Labute approximate surface area is 217 Å². The van der Waals surface area contributed by atoms with Crippen molar-refractivity contribution in [3.8, 4) is 11.4 Å². The average Bonchev–Trinajstić information content (AvgIpc) is 3.33. The molecule has 1 saturated carbocycles. The van der Waals surface area contributed by atoms with Crippen LogP contribution in [0.3, 0.4) is 0 Å². The molecule has 2 fully saturated rings. The van der Waals surface area contributed by atoms with Gasteiger partial charge in [0.25, 0.3) is 0 Å². The molecule has 3 aromatic rings. The molecule has 8 nitrogen and oxygen atoms in total. The lowest BCUT2D eigenvalue weighted by Gasteiger charge is -2.39. The molecule has 1 aliphatic heterocycles. The molecular weight excluding hydrogens is 469 g/mol. The van der Waals surface area contributed by atoms with E-state index in [1.165, 1.54) is 24.8 Å². The predicted octanol–water partition coefficient (Wildman–Crippen LogP) is 4.65. The summed E-state index contributed by atoms with van der Waals surface area (Å²) in [6.45, 7) is 3.20. The van der Waals surface area contributed by atoms with Crippen LogP contribution in [-0.4, -0.2) is 56.8 Å². The van der Waals surface area contributed by atoms with Gasteiger partial charge in [-0.15, -0.1) is 5.10 Å². The van der Waals surface area contributed by atoms with Crippen molar-refractivity contribution in [1.82, 2.24) is 30.4 Å². The molecule has 196 valence electrons. The maximum absolute atomic E-state index is 13.3. The van der Waals surface area contributed by atoms with Crippen LogP contribution < -0.4 is 10.6 Å². The van der Waals surface area contributed by atoms with Gasteiger partial charge in [0, 0.05) is 37.4 Å². The van der Waals surface area contributed by atoms with Crippen LogP contribution in [0.4, 0.5) is 14.9 Å². The van der Waals surface area contributed by atoms with Gasteiger partial charge in [0.05, 0.1) is 0 Å². The summed E-state index contributed by atoms with van der Waals surface area (Å²) in [6.07, 6.45) is 7.93. The molecule has 9 heteroatoms. The lowest BCUT2D eigenvalue weighted by atomic mass is 9.83. The highest BCUT2D eigenvalue weighted by Crippen LogP contribution is 2.28. The summed E-state index contributed by atoms with van der Waals surface area (Å²) in [6, 6.07) is 14.5. The molecule has 0 unspecified atom stereocenters. The van der Waals surface area contributed by atoms with E-state index in [2.05, 4.69) is 31.1 Å². The van der Waals surface area contributed by atoms with Crippen molar-refractivity contribution in [1.29, 1.82) is 0 Å². The third kappa shape index (κ3) is 6.71. The number of carbonyl (C=O) groups is 1. The van der Waals surface area contributed by atoms with E-state index in [1.807, 2.05) is 36.4 Å². The van der Waals surface area contributed by atoms with Crippen LogP contribution in [0.15, 0.2) is 48.5 Å². The zero-order valence-corrected chi connectivity index (χ0v) is 21.4. The van der Waals surface area contributed by atoms with Crippen LogP contribution in [0.5, 0.6) is 0 Å². The zero-order valence-electron chi connectivity index (χ0n) is 21.4. The van der Waals surface area contributed by atoms with Crippen LogP contribution in [0.25, 0.3) is 11.4 Å². The first-order chi connectivity index (χ1) is 18.0. The number of halogens is 1. The Morgan fingerprint density at radius 1 is 1.03 bits per heavy atom. The summed E-state index contributed by atoms with van der Waals surface area (Å²) in [5.74, 6) is 1.55. The smallest absolute Gasteiger partial charge is 0.319 e. The third-order valence-electron chi connectivity index (χ3n) is 7.78. The van der Waals surface area contributed by atoms with Gasteiger partial charge in [-0.25, -0.2) is 13.9 Å². The summed E-state index contributed by atoms with van der Waals surface area (Å²) in [4.78, 5) is 15.5. The number of rotatable bonds is 7. The molecule has 1 aliphatic carbocycles. The summed E-state index contributed by atoms with van der Waals surface area (Å²) in [5, 5.41) is 17.8. The maximum Gasteiger partial charge on any atom is 0.319 e. The Kier molecular flexibility index (Phi) is 8.08. The second kappa shape index (κ2) is 11.8. The molecule has 2 heterocycles. The number of hydrogen-bond acceptors (Lipinski definition) is 5. The van der Waals surface area contributed by atoms with E-state index in [-0.39, 0.29) is 17.9 Å². The topological polar surface area (TPSA) is 88.0 Å². The summed E-state index contributed by atoms with van der Waals surface area (Å²) >= 11 is 0. The second-order valence-corrected chi connectivity index (χ2v) is 10.6. The number of carbonyl (C=O) groups excluding carboxylic acids is 1. The van der Waals surface area contributed by atoms with Crippen molar-refractivity contribution in [3.63, 3.8) is 0 Å². The number of nitrogens with zero attached hydrogens (tertiary/aromatic N) is 5.